The summed E-state index contributed by atoms with van der Waals surface area (Å²) in [5.74, 6) is 2.07. The molecule has 0 aliphatic rings. The summed E-state index contributed by atoms with van der Waals surface area (Å²) in [7, 11) is 1.62. The number of methoxy groups -OCH3 is 1. The molecule has 1 amide bonds. The second-order valence-corrected chi connectivity index (χ2v) is 9.23. The van der Waals surface area contributed by atoms with E-state index in [2.05, 4.69) is 25.7 Å². The molecular formula is C23H24N6O3S2. The first-order valence-electron chi connectivity index (χ1n) is 10.6. The molecule has 2 aromatic heterocycles. The normalized spacial score (nSPS) is 10.8. The van der Waals surface area contributed by atoms with Crippen LogP contribution in [0.4, 0.5) is 5.13 Å². The molecule has 0 atom stereocenters. The zero-order chi connectivity index (χ0) is 23.9. The van der Waals surface area contributed by atoms with Crippen LogP contribution in [0.3, 0.4) is 0 Å². The smallest absolute Gasteiger partial charge is 0.236 e. The van der Waals surface area contributed by atoms with Crippen molar-refractivity contribution in [3.63, 3.8) is 0 Å². The number of nitrogens with zero attached hydrogens (tertiary/aromatic N) is 5. The number of carbonyl (C=O) groups excluding carboxylic acids is 1. The zero-order valence-corrected chi connectivity index (χ0v) is 20.7. The first-order chi connectivity index (χ1) is 16.6. The van der Waals surface area contributed by atoms with Gasteiger partial charge in [0.25, 0.3) is 0 Å². The summed E-state index contributed by atoms with van der Waals surface area (Å²) in [5.41, 5.74) is 1.95. The average molecular weight is 497 g/mol. The van der Waals surface area contributed by atoms with Gasteiger partial charge in [-0.3, -0.25) is 14.7 Å². The van der Waals surface area contributed by atoms with E-state index >= 15 is 0 Å². The van der Waals surface area contributed by atoms with Crippen LogP contribution in [0.5, 0.6) is 11.5 Å². The predicted octanol–water partition coefficient (Wildman–Crippen LogP) is 4.31. The first kappa shape index (κ1) is 23.7. The second kappa shape index (κ2) is 11.1. The molecule has 4 aromatic rings. The number of rotatable bonds is 10. The minimum absolute atomic E-state index is 0.147. The number of aromatic nitrogens is 5. The molecule has 1 N–H and O–H groups in total. The van der Waals surface area contributed by atoms with Crippen molar-refractivity contribution in [2.75, 3.05) is 18.2 Å². The summed E-state index contributed by atoms with van der Waals surface area (Å²) in [5, 5.41) is 21.4. The fourth-order valence-electron chi connectivity index (χ4n) is 3.06. The molecule has 2 aromatic carbocycles. The first-order valence-corrected chi connectivity index (χ1v) is 12.4. The van der Waals surface area contributed by atoms with Gasteiger partial charge in [-0.05, 0) is 55.3 Å². The molecule has 176 valence electrons. The molecule has 0 unspecified atom stereocenters. The Bertz CT molecular complexity index is 1260. The summed E-state index contributed by atoms with van der Waals surface area (Å²) >= 11 is 2.65. The second-order valence-electron chi connectivity index (χ2n) is 7.23. The molecular weight excluding hydrogens is 472 g/mol. The number of ether oxygens (including phenoxy) is 2. The molecule has 4 rings (SSSR count). The Morgan fingerprint density at radius 1 is 1.09 bits per heavy atom. The number of amides is 1. The number of hydrogen-bond acceptors (Lipinski definition) is 9. The molecule has 0 aliphatic heterocycles. The molecule has 2 heterocycles. The Kier molecular flexibility index (Phi) is 7.76. The molecule has 0 spiro atoms. The van der Waals surface area contributed by atoms with E-state index in [4.69, 9.17) is 9.47 Å². The van der Waals surface area contributed by atoms with Crippen LogP contribution in [0.15, 0.2) is 53.7 Å². The summed E-state index contributed by atoms with van der Waals surface area (Å²) in [6, 6.07) is 15.4. The highest BCUT2D eigenvalue weighted by Gasteiger charge is 2.17. The molecule has 0 bridgehead atoms. The van der Waals surface area contributed by atoms with Crippen molar-refractivity contribution >= 4 is 34.1 Å². The van der Waals surface area contributed by atoms with E-state index in [0.717, 1.165) is 34.2 Å². The maximum Gasteiger partial charge on any atom is 0.236 e. The Hall–Kier alpha value is -3.44. The van der Waals surface area contributed by atoms with E-state index in [9.17, 15) is 4.79 Å². The van der Waals surface area contributed by atoms with Gasteiger partial charge in [-0.2, -0.15) is 0 Å². The van der Waals surface area contributed by atoms with E-state index in [1.807, 2.05) is 66.9 Å². The molecule has 34 heavy (non-hydrogen) atoms. The van der Waals surface area contributed by atoms with E-state index in [1.165, 1.54) is 23.1 Å². The van der Waals surface area contributed by atoms with Crippen molar-refractivity contribution in [3.8, 4) is 17.2 Å². The fraction of sp³-hybridized carbons (Fsp3) is 0.261. The van der Waals surface area contributed by atoms with Gasteiger partial charge in [-0.1, -0.05) is 42.2 Å². The quantitative estimate of drug-likeness (QED) is 0.324. The number of nitrogens with one attached hydrogen (secondary N) is 1. The highest BCUT2D eigenvalue weighted by atomic mass is 32.2. The summed E-state index contributed by atoms with van der Waals surface area (Å²) in [4.78, 5) is 12.5. The fourth-order valence-corrected chi connectivity index (χ4v) is 4.53. The zero-order valence-electron chi connectivity index (χ0n) is 19.0. The Labute approximate surface area is 205 Å². The average Bonchev–Trinajstić information content (AvgIpc) is 3.48. The molecule has 11 heteroatoms. The lowest BCUT2D eigenvalue weighted by molar-refractivity contribution is -0.113. The molecule has 0 radical (unpaired) electrons. The minimum Gasteiger partial charge on any atom is -0.497 e. The van der Waals surface area contributed by atoms with Crippen LogP contribution in [0.1, 0.15) is 23.3 Å². The van der Waals surface area contributed by atoms with Crippen LogP contribution < -0.4 is 14.8 Å². The molecule has 0 saturated heterocycles. The van der Waals surface area contributed by atoms with Crippen molar-refractivity contribution in [2.24, 2.45) is 0 Å². The number of anilines is 1. The SMILES string of the molecule is CCc1nnc(NC(=O)CSc2nnc(COc3cccc(C)c3)n2-c2ccc(OC)cc2)s1. The largest absolute Gasteiger partial charge is 0.497 e. The van der Waals surface area contributed by atoms with Crippen LogP contribution in [0.25, 0.3) is 5.69 Å². The van der Waals surface area contributed by atoms with Gasteiger partial charge in [0.05, 0.1) is 12.9 Å². The number of hydrogen-bond donors (Lipinski definition) is 1. The lowest BCUT2D eigenvalue weighted by Crippen LogP contribution is -2.14. The lowest BCUT2D eigenvalue weighted by Gasteiger charge is -2.12. The number of aryl methyl sites for hydroxylation is 2. The van der Waals surface area contributed by atoms with Crippen LogP contribution >= 0.6 is 23.1 Å². The van der Waals surface area contributed by atoms with Gasteiger partial charge < -0.3 is 9.47 Å². The standard InChI is InChI=1S/C23H24N6O3S2/c1-4-21-26-27-22(34-21)24-20(30)14-33-23-28-25-19(13-32-18-7-5-6-15(2)12-18)29(23)16-8-10-17(31-3)11-9-16/h5-12H,4,13-14H2,1-3H3,(H,24,27,30). The predicted molar refractivity (Wildman–Crippen MR) is 132 cm³/mol. The number of benzene rings is 2. The maximum atomic E-state index is 12.5. The van der Waals surface area contributed by atoms with Crippen LogP contribution in [-0.2, 0) is 17.8 Å². The molecule has 9 nitrogen and oxygen atoms in total. The Morgan fingerprint density at radius 3 is 2.62 bits per heavy atom. The van der Waals surface area contributed by atoms with Gasteiger partial charge in [-0.25, -0.2) is 0 Å². The Balaban J connectivity index is 1.51. The van der Waals surface area contributed by atoms with Gasteiger partial charge >= 0.3 is 0 Å². The molecule has 0 aliphatic carbocycles. The van der Waals surface area contributed by atoms with E-state index < -0.39 is 0 Å². The van der Waals surface area contributed by atoms with Crippen LogP contribution in [-0.4, -0.2) is 43.7 Å². The van der Waals surface area contributed by atoms with Crippen molar-refractivity contribution in [1.82, 2.24) is 25.0 Å². The molecule has 0 saturated carbocycles. The van der Waals surface area contributed by atoms with Crippen LogP contribution in [0.2, 0.25) is 0 Å². The van der Waals surface area contributed by atoms with Crippen LogP contribution in [0, 0.1) is 6.92 Å². The van der Waals surface area contributed by atoms with E-state index in [0.29, 0.717) is 16.1 Å². The van der Waals surface area contributed by atoms with Crippen molar-refractivity contribution < 1.29 is 14.3 Å². The molecule has 0 fully saturated rings. The Morgan fingerprint density at radius 2 is 1.91 bits per heavy atom. The van der Waals surface area contributed by atoms with E-state index in [-0.39, 0.29) is 18.3 Å². The highest BCUT2D eigenvalue weighted by molar-refractivity contribution is 7.99. The van der Waals surface area contributed by atoms with Crippen molar-refractivity contribution in [1.29, 1.82) is 0 Å². The third-order valence-corrected chi connectivity index (χ3v) is 6.65. The van der Waals surface area contributed by atoms with Crippen molar-refractivity contribution in [3.05, 3.63) is 64.9 Å². The number of thioether (sulfide) groups is 1. The van der Waals surface area contributed by atoms with Gasteiger partial charge in [0.15, 0.2) is 11.0 Å². The van der Waals surface area contributed by atoms with Gasteiger partial charge in [0.2, 0.25) is 11.0 Å². The minimum atomic E-state index is -0.189. The lowest BCUT2D eigenvalue weighted by atomic mass is 10.2. The van der Waals surface area contributed by atoms with Gasteiger partial charge in [0.1, 0.15) is 23.1 Å². The van der Waals surface area contributed by atoms with Gasteiger partial charge in [-0.15, -0.1) is 20.4 Å². The van der Waals surface area contributed by atoms with Gasteiger partial charge in [0, 0.05) is 5.69 Å². The third kappa shape index (κ3) is 5.91. The number of carbonyl (C=O) groups is 1. The summed E-state index contributed by atoms with van der Waals surface area (Å²) in [6.07, 6.45) is 0.778. The van der Waals surface area contributed by atoms with E-state index in [1.54, 1.807) is 7.11 Å². The van der Waals surface area contributed by atoms with Crippen molar-refractivity contribution in [2.45, 2.75) is 32.0 Å². The summed E-state index contributed by atoms with van der Waals surface area (Å²) < 4.78 is 13.1. The highest BCUT2D eigenvalue weighted by Crippen LogP contribution is 2.25. The summed E-state index contributed by atoms with van der Waals surface area (Å²) in [6.45, 7) is 4.23. The third-order valence-electron chi connectivity index (χ3n) is 4.74. The maximum absolute atomic E-state index is 12.5. The monoisotopic (exact) mass is 496 g/mol. The topological polar surface area (TPSA) is 104 Å².